The predicted octanol–water partition coefficient (Wildman–Crippen LogP) is 2.63. The van der Waals surface area contributed by atoms with E-state index < -0.39 is 4.92 Å². The van der Waals surface area contributed by atoms with Crippen molar-refractivity contribution in [3.8, 4) is 0 Å². The number of carbonyl (C=O) groups excluding carboxylic acids is 1. The molecule has 1 aliphatic rings. The van der Waals surface area contributed by atoms with E-state index in [1.807, 2.05) is 12.1 Å². The van der Waals surface area contributed by atoms with Gasteiger partial charge >= 0.3 is 0 Å². The molecule has 28 heavy (non-hydrogen) atoms. The summed E-state index contributed by atoms with van der Waals surface area (Å²) in [5.41, 5.74) is 1.67. The van der Waals surface area contributed by atoms with Crippen LogP contribution in [0.2, 0.25) is 5.02 Å². The highest BCUT2D eigenvalue weighted by molar-refractivity contribution is 6.30. The average Bonchev–Trinajstić information content (AvgIpc) is 2.70. The van der Waals surface area contributed by atoms with Crippen LogP contribution in [0.15, 0.2) is 54.6 Å². The third-order valence-electron chi connectivity index (χ3n) is 4.95. The number of nitrogens with one attached hydrogen (secondary N) is 2. The lowest BCUT2D eigenvalue weighted by molar-refractivity contribution is -0.918. The molecular formula is C21H23ClN3O3+. The van der Waals surface area contributed by atoms with Gasteiger partial charge in [0, 0.05) is 41.6 Å². The van der Waals surface area contributed by atoms with Gasteiger partial charge in [-0.15, -0.1) is 0 Å². The topological polar surface area (TPSA) is 76.7 Å². The standard InChI is InChI=1S/C21H22ClN3O3/c22-18-8-5-16(6-9-18)15-24-13-11-19(12-14-24)23-21(26)10-7-17-3-1-2-4-20(17)25(27)28/h1-10,19H,11-15H2,(H,23,26)/p+1/b10-7+. The van der Waals surface area contributed by atoms with Crippen LogP contribution in [0.3, 0.4) is 0 Å². The number of hydrogen-bond donors (Lipinski definition) is 2. The third-order valence-corrected chi connectivity index (χ3v) is 5.21. The Morgan fingerprint density at radius 3 is 2.54 bits per heavy atom. The Labute approximate surface area is 169 Å². The molecule has 0 saturated carbocycles. The van der Waals surface area contributed by atoms with Crippen molar-refractivity contribution in [1.82, 2.24) is 5.32 Å². The van der Waals surface area contributed by atoms with Crippen molar-refractivity contribution in [2.45, 2.75) is 25.4 Å². The van der Waals surface area contributed by atoms with Crippen molar-refractivity contribution in [3.63, 3.8) is 0 Å². The van der Waals surface area contributed by atoms with Crippen molar-refractivity contribution < 1.29 is 14.6 Å². The average molecular weight is 401 g/mol. The minimum absolute atomic E-state index is 0.00865. The first-order chi connectivity index (χ1) is 13.5. The summed E-state index contributed by atoms with van der Waals surface area (Å²) in [5.74, 6) is -0.218. The summed E-state index contributed by atoms with van der Waals surface area (Å²) in [6.07, 6.45) is 4.69. The summed E-state index contributed by atoms with van der Waals surface area (Å²) in [6, 6.07) is 14.4. The number of rotatable bonds is 6. The molecule has 0 spiro atoms. The number of carbonyl (C=O) groups is 1. The van der Waals surface area contributed by atoms with Crippen LogP contribution < -0.4 is 10.2 Å². The van der Waals surface area contributed by atoms with E-state index in [2.05, 4.69) is 17.4 Å². The van der Waals surface area contributed by atoms with E-state index in [4.69, 9.17) is 11.6 Å². The van der Waals surface area contributed by atoms with Crippen LogP contribution in [-0.4, -0.2) is 30.0 Å². The second-order valence-electron chi connectivity index (χ2n) is 6.99. The second kappa shape index (κ2) is 9.48. The third kappa shape index (κ3) is 5.65. The zero-order valence-electron chi connectivity index (χ0n) is 15.4. The number of quaternary nitrogens is 1. The van der Waals surface area contributed by atoms with Gasteiger partial charge in [-0.05, 0) is 24.3 Å². The highest BCUT2D eigenvalue weighted by Gasteiger charge is 2.23. The maximum atomic E-state index is 12.2. The van der Waals surface area contributed by atoms with Crippen molar-refractivity contribution in [2.24, 2.45) is 0 Å². The van der Waals surface area contributed by atoms with Crippen molar-refractivity contribution >= 4 is 29.3 Å². The Bertz CT molecular complexity index is 859. The van der Waals surface area contributed by atoms with Crippen LogP contribution in [-0.2, 0) is 11.3 Å². The first-order valence-electron chi connectivity index (χ1n) is 9.31. The van der Waals surface area contributed by atoms with E-state index in [9.17, 15) is 14.9 Å². The Hall–Kier alpha value is -2.70. The molecule has 1 aliphatic heterocycles. The molecule has 146 valence electrons. The van der Waals surface area contributed by atoms with Gasteiger partial charge in [-0.2, -0.15) is 0 Å². The fourth-order valence-electron chi connectivity index (χ4n) is 3.45. The number of para-hydroxylation sites is 1. The molecule has 1 amide bonds. The summed E-state index contributed by atoms with van der Waals surface area (Å²) in [5, 5.41) is 14.8. The Morgan fingerprint density at radius 1 is 1.18 bits per heavy atom. The Balaban J connectivity index is 1.47. The van der Waals surface area contributed by atoms with E-state index in [-0.39, 0.29) is 17.6 Å². The number of nitro groups is 1. The van der Waals surface area contributed by atoms with Crippen LogP contribution in [0.4, 0.5) is 5.69 Å². The van der Waals surface area contributed by atoms with Gasteiger partial charge in [0.25, 0.3) is 5.69 Å². The van der Waals surface area contributed by atoms with Gasteiger partial charge < -0.3 is 10.2 Å². The molecule has 0 bridgehead atoms. The number of amides is 1. The highest BCUT2D eigenvalue weighted by Crippen LogP contribution is 2.18. The minimum Gasteiger partial charge on any atom is -0.349 e. The lowest BCUT2D eigenvalue weighted by atomic mass is 10.0. The second-order valence-corrected chi connectivity index (χ2v) is 7.42. The fraction of sp³-hybridized carbons (Fsp3) is 0.286. The molecule has 7 heteroatoms. The number of benzene rings is 2. The molecule has 0 atom stereocenters. The number of piperidine rings is 1. The molecule has 1 saturated heterocycles. The summed E-state index contributed by atoms with van der Waals surface area (Å²) in [6.45, 7) is 2.93. The van der Waals surface area contributed by atoms with Crippen molar-refractivity contribution in [3.05, 3.63) is 80.9 Å². The van der Waals surface area contributed by atoms with Crippen LogP contribution in [0, 0.1) is 10.1 Å². The summed E-state index contributed by atoms with van der Waals surface area (Å²) in [4.78, 5) is 24.2. The predicted molar refractivity (Wildman–Crippen MR) is 109 cm³/mol. The quantitative estimate of drug-likeness (QED) is 0.444. The molecule has 2 aromatic carbocycles. The molecule has 1 fully saturated rings. The molecular weight excluding hydrogens is 378 g/mol. The van der Waals surface area contributed by atoms with Gasteiger partial charge in [0.1, 0.15) is 6.54 Å². The van der Waals surface area contributed by atoms with Gasteiger partial charge in [0.2, 0.25) is 5.91 Å². The van der Waals surface area contributed by atoms with Crippen LogP contribution in [0.25, 0.3) is 6.08 Å². The van der Waals surface area contributed by atoms with Crippen molar-refractivity contribution in [1.29, 1.82) is 0 Å². The fourth-order valence-corrected chi connectivity index (χ4v) is 3.57. The Kier molecular flexibility index (Phi) is 6.79. The molecule has 1 heterocycles. The number of nitrogens with zero attached hydrogens (tertiary/aromatic N) is 1. The molecule has 6 nitrogen and oxygen atoms in total. The lowest BCUT2D eigenvalue weighted by Crippen LogP contribution is -3.12. The number of hydrogen-bond acceptors (Lipinski definition) is 3. The highest BCUT2D eigenvalue weighted by atomic mass is 35.5. The van der Waals surface area contributed by atoms with Gasteiger partial charge in [0.05, 0.1) is 23.6 Å². The van der Waals surface area contributed by atoms with Crippen LogP contribution in [0.1, 0.15) is 24.0 Å². The van der Waals surface area contributed by atoms with Gasteiger partial charge in [0.15, 0.2) is 0 Å². The Morgan fingerprint density at radius 2 is 1.86 bits per heavy atom. The van der Waals surface area contributed by atoms with E-state index in [1.165, 1.54) is 28.7 Å². The van der Waals surface area contributed by atoms with Crippen molar-refractivity contribution in [2.75, 3.05) is 13.1 Å². The van der Waals surface area contributed by atoms with E-state index in [0.29, 0.717) is 5.56 Å². The zero-order valence-corrected chi connectivity index (χ0v) is 16.2. The first kappa shape index (κ1) is 20.0. The molecule has 0 radical (unpaired) electrons. The molecule has 2 aromatic rings. The monoisotopic (exact) mass is 400 g/mol. The molecule has 2 N–H and O–H groups in total. The summed E-state index contributed by atoms with van der Waals surface area (Å²) in [7, 11) is 0. The minimum atomic E-state index is -0.448. The normalized spacial score (nSPS) is 19.5. The van der Waals surface area contributed by atoms with Crippen LogP contribution in [0.5, 0.6) is 0 Å². The van der Waals surface area contributed by atoms with E-state index in [0.717, 1.165) is 37.5 Å². The number of nitro benzene ring substituents is 1. The van der Waals surface area contributed by atoms with Gasteiger partial charge in [-0.25, -0.2) is 0 Å². The summed E-state index contributed by atoms with van der Waals surface area (Å²) < 4.78 is 0. The molecule has 3 rings (SSSR count). The largest absolute Gasteiger partial charge is 0.349 e. The van der Waals surface area contributed by atoms with Gasteiger partial charge in [-0.1, -0.05) is 35.9 Å². The lowest BCUT2D eigenvalue weighted by Gasteiger charge is -2.29. The van der Waals surface area contributed by atoms with E-state index in [1.54, 1.807) is 18.2 Å². The maximum absolute atomic E-state index is 12.2. The number of likely N-dealkylation sites (tertiary alicyclic amines) is 1. The smallest absolute Gasteiger partial charge is 0.276 e. The first-order valence-corrected chi connectivity index (χ1v) is 9.69. The molecule has 0 aliphatic carbocycles. The SMILES string of the molecule is O=C(/C=C/c1ccccc1[N+](=O)[O-])NC1CC[NH+](Cc2ccc(Cl)cc2)CC1. The molecule has 0 aromatic heterocycles. The zero-order chi connectivity index (χ0) is 19.9. The van der Waals surface area contributed by atoms with E-state index >= 15 is 0 Å². The summed E-state index contributed by atoms with van der Waals surface area (Å²) >= 11 is 5.93. The molecule has 0 unspecified atom stereocenters. The van der Waals surface area contributed by atoms with Crippen LogP contribution >= 0.6 is 11.6 Å². The van der Waals surface area contributed by atoms with Gasteiger partial charge in [-0.3, -0.25) is 14.9 Å². The maximum Gasteiger partial charge on any atom is 0.276 e. The number of halogens is 1.